The van der Waals surface area contributed by atoms with Crippen LogP contribution in [0, 0.1) is 10.1 Å². The highest BCUT2D eigenvalue weighted by molar-refractivity contribution is 5.83. The zero-order valence-corrected chi connectivity index (χ0v) is 7.86. The molecular weight excluding hydrogens is 218 g/mol. The van der Waals surface area contributed by atoms with E-state index in [4.69, 9.17) is 5.11 Å². The maximum Gasteiger partial charge on any atom is 0.323 e. The van der Waals surface area contributed by atoms with Gasteiger partial charge in [-0.3, -0.25) is 24.6 Å². The molecule has 0 aliphatic rings. The highest BCUT2D eigenvalue weighted by Gasteiger charge is 2.13. The molecule has 1 rings (SSSR count). The zero-order chi connectivity index (χ0) is 12.1. The van der Waals surface area contributed by atoms with Crippen molar-refractivity contribution in [1.82, 2.24) is 4.98 Å². The van der Waals surface area contributed by atoms with Crippen molar-refractivity contribution in [2.24, 2.45) is 0 Å². The van der Waals surface area contributed by atoms with Crippen LogP contribution in [0.15, 0.2) is 18.3 Å². The van der Waals surface area contributed by atoms with Crippen LogP contribution < -0.4 is 4.90 Å². The number of carbonyl (C=O) groups is 1. The van der Waals surface area contributed by atoms with E-state index >= 15 is 0 Å². The summed E-state index contributed by atoms with van der Waals surface area (Å²) in [6.45, 7) is -0.603. The van der Waals surface area contributed by atoms with E-state index in [-0.39, 0.29) is 11.5 Å². The molecule has 0 atom stereocenters. The smallest absolute Gasteiger partial charge is 0.323 e. The quantitative estimate of drug-likeness (QED) is 0.426. The minimum Gasteiger partial charge on any atom is -0.480 e. The molecule has 0 aromatic carbocycles. The highest BCUT2D eigenvalue weighted by Crippen LogP contribution is 2.14. The fraction of sp³-hybridized carbons (Fsp3) is 0.125. The van der Waals surface area contributed by atoms with Crippen molar-refractivity contribution >= 4 is 23.9 Å². The Balaban J connectivity index is 2.90. The third-order valence-electron chi connectivity index (χ3n) is 1.62. The van der Waals surface area contributed by atoms with Crippen LogP contribution in [-0.4, -0.2) is 33.9 Å². The molecule has 1 amide bonds. The first-order chi connectivity index (χ1) is 7.54. The highest BCUT2D eigenvalue weighted by atomic mass is 16.6. The Morgan fingerprint density at radius 2 is 2.31 bits per heavy atom. The van der Waals surface area contributed by atoms with Gasteiger partial charge in [-0.05, 0) is 6.07 Å². The number of nitrogens with zero attached hydrogens (tertiary/aromatic N) is 3. The van der Waals surface area contributed by atoms with Gasteiger partial charge in [0.2, 0.25) is 0 Å². The van der Waals surface area contributed by atoms with E-state index in [1.165, 1.54) is 12.5 Å². The molecule has 0 aliphatic carbocycles. The Labute approximate surface area is 89.3 Å². The Morgan fingerprint density at radius 1 is 1.62 bits per heavy atom. The predicted octanol–water partition coefficient (Wildman–Crippen LogP) is -0.0520. The maximum atomic E-state index is 10.4. The molecule has 1 N–H and O–H groups in total. The summed E-state index contributed by atoms with van der Waals surface area (Å²) in [5.41, 5.74) is -0.245. The molecule has 1 aromatic heterocycles. The van der Waals surface area contributed by atoms with Gasteiger partial charge in [0.15, 0.2) is 0 Å². The summed E-state index contributed by atoms with van der Waals surface area (Å²) < 4.78 is 0. The first-order valence-electron chi connectivity index (χ1n) is 4.02. The third kappa shape index (κ3) is 2.74. The van der Waals surface area contributed by atoms with Gasteiger partial charge in [-0.1, -0.05) is 0 Å². The van der Waals surface area contributed by atoms with Crippen molar-refractivity contribution in [1.29, 1.82) is 0 Å². The average Bonchev–Trinajstić information content (AvgIpc) is 2.25. The monoisotopic (exact) mass is 224 g/mol. The Kier molecular flexibility index (Phi) is 3.49. The number of hydrogen-bond acceptors (Lipinski definition) is 5. The van der Waals surface area contributed by atoms with Crippen molar-refractivity contribution in [2.75, 3.05) is 11.4 Å². The lowest BCUT2D eigenvalue weighted by Gasteiger charge is -2.11. The van der Waals surface area contributed by atoms with Gasteiger partial charge >= 0.3 is 12.4 Å². The second-order valence-corrected chi connectivity index (χ2v) is 2.70. The van der Waals surface area contributed by atoms with Gasteiger partial charge in [-0.2, -0.15) is 0 Å². The number of nitro groups is 1. The van der Waals surface area contributed by atoms with Crippen molar-refractivity contribution in [3.05, 3.63) is 28.4 Å². The maximum absolute atomic E-state index is 10.4. The molecular formula is C8H6N3O5. The zero-order valence-electron chi connectivity index (χ0n) is 7.86. The second kappa shape index (κ2) is 4.82. The number of rotatable bonds is 5. The summed E-state index contributed by atoms with van der Waals surface area (Å²) in [4.78, 5) is 34.7. The van der Waals surface area contributed by atoms with Gasteiger partial charge in [0, 0.05) is 6.07 Å². The molecule has 0 unspecified atom stereocenters. The Morgan fingerprint density at radius 3 is 2.69 bits per heavy atom. The molecule has 1 heterocycles. The lowest BCUT2D eigenvalue weighted by molar-refractivity contribution is -0.385. The van der Waals surface area contributed by atoms with Crippen LogP contribution in [0.5, 0.6) is 0 Å². The largest absolute Gasteiger partial charge is 0.480 e. The summed E-state index contributed by atoms with van der Waals surface area (Å²) >= 11 is 0. The van der Waals surface area contributed by atoms with Crippen LogP contribution in [0.25, 0.3) is 0 Å². The molecule has 1 aromatic rings. The van der Waals surface area contributed by atoms with Crippen molar-refractivity contribution in [3.63, 3.8) is 0 Å². The van der Waals surface area contributed by atoms with E-state index in [0.717, 1.165) is 12.3 Å². The van der Waals surface area contributed by atoms with Gasteiger partial charge in [-0.15, -0.1) is 0 Å². The van der Waals surface area contributed by atoms with Crippen LogP contribution >= 0.6 is 0 Å². The van der Waals surface area contributed by atoms with Crippen LogP contribution in [0.4, 0.5) is 11.5 Å². The van der Waals surface area contributed by atoms with Gasteiger partial charge in [-0.25, -0.2) is 4.98 Å². The summed E-state index contributed by atoms with van der Waals surface area (Å²) in [5.74, 6) is -1.24. The van der Waals surface area contributed by atoms with Gasteiger partial charge < -0.3 is 5.11 Å². The Hall–Kier alpha value is -2.51. The minimum absolute atomic E-state index is 0.0111. The summed E-state index contributed by atoms with van der Waals surface area (Å²) in [5, 5.41) is 18.8. The first kappa shape index (κ1) is 11.6. The van der Waals surface area contributed by atoms with E-state index in [0.29, 0.717) is 4.90 Å². The normalized spacial score (nSPS) is 9.50. The van der Waals surface area contributed by atoms with E-state index in [1.807, 2.05) is 0 Å². The van der Waals surface area contributed by atoms with Crippen LogP contribution in [-0.2, 0) is 9.59 Å². The predicted molar refractivity (Wildman–Crippen MR) is 51.6 cm³/mol. The molecule has 0 bridgehead atoms. The number of carboxylic acid groups (broad SMARTS) is 1. The second-order valence-electron chi connectivity index (χ2n) is 2.70. The standard InChI is InChI=1S/C8H6N3O5/c12-5-10(4-8(13)14)7-2-1-6(3-9-7)11(15)16/h1-3H,4H2,(H,13,14). The fourth-order valence-electron chi connectivity index (χ4n) is 0.941. The number of amides is 1. The summed E-state index contributed by atoms with van der Waals surface area (Å²) in [6, 6.07) is 2.29. The number of carboxylic acids is 1. The molecule has 0 spiro atoms. The van der Waals surface area contributed by atoms with Gasteiger partial charge in [0.1, 0.15) is 18.6 Å². The lowest BCUT2D eigenvalue weighted by Crippen LogP contribution is -2.28. The number of anilines is 1. The number of pyridine rings is 1. The van der Waals surface area contributed by atoms with Gasteiger partial charge in [0.05, 0.1) is 4.92 Å². The Bertz CT molecular complexity index is 416. The molecule has 8 heteroatoms. The van der Waals surface area contributed by atoms with Crippen LogP contribution in [0.2, 0.25) is 0 Å². The third-order valence-corrected chi connectivity index (χ3v) is 1.62. The molecule has 0 aliphatic heterocycles. The average molecular weight is 224 g/mol. The molecule has 83 valence electrons. The molecule has 1 radical (unpaired) electrons. The SMILES string of the molecule is O=[C]N(CC(=O)O)c1ccc([N+](=O)[O-])cn1. The van der Waals surface area contributed by atoms with Crippen molar-refractivity contribution in [3.8, 4) is 0 Å². The van der Waals surface area contributed by atoms with E-state index in [2.05, 4.69) is 4.98 Å². The van der Waals surface area contributed by atoms with Crippen LogP contribution in [0.1, 0.15) is 0 Å². The first-order valence-corrected chi connectivity index (χ1v) is 4.02. The lowest BCUT2D eigenvalue weighted by atomic mass is 10.4. The topological polar surface area (TPSA) is 114 Å². The van der Waals surface area contributed by atoms with E-state index < -0.39 is 17.4 Å². The van der Waals surface area contributed by atoms with Crippen molar-refractivity contribution < 1.29 is 19.6 Å². The van der Waals surface area contributed by atoms with Crippen molar-refractivity contribution in [2.45, 2.75) is 0 Å². The molecule has 0 fully saturated rings. The number of hydrogen-bond donors (Lipinski definition) is 1. The number of carbonyl (C=O) groups excluding carboxylic acids is 1. The molecule has 8 nitrogen and oxygen atoms in total. The van der Waals surface area contributed by atoms with Crippen LogP contribution in [0.3, 0.4) is 0 Å². The van der Waals surface area contributed by atoms with E-state index in [9.17, 15) is 19.7 Å². The molecule has 16 heavy (non-hydrogen) atoms. The number of aliphatic carboxylic acids is 1. The van der Waals surface area contributed by atoms with E-state index in [1.54, 1.807) is 0 Å². The molecule has 0 saturated heterocycles. The molecule has 0 saturated carbocycles. The minimum atomic E-state index is -1.23. The number of aromatic nitrogens is 1. The van der Waals surface area contributed by atoms with Gasteiger partial charge in [0.25, 0.3) is 5.69 Å². The fourth-order valence-corrected chi connectivity index (χ4v) is 0.941. The summed E-state index contributed by atoms with van der Waals surface area (Å²) in [6.07, 6.45) is 2.30. The summed E-state index contributed by atoms with van der Waals surface area (Å²) in [7, 11) is 0.